The van der Waals surface area contributed by atoms with E-state index in [1.165, 1.54) is 19.5 Å². The van der Waals surface area contributed by atoms with Gasteiger partial charge in [-0.2, -0.15) is 0 Å². The van der Waals surface area contributed by atoms with Crippen molar-refractivity contribution in [2.24, 2.45) is 0 Å². The van der Waals surface area contributed by atoms with Crippen molar-refractivity contribution in [1.29, 1.82) is 0 Å². The summed E-state index contributed by atoms with van der Waals surface area (Å²) in [5.41, 5.74) is 0.570. The van der Waals surface area contributed by atoms with E-state index < -0.39 is 21.8 Å². The lowest BCUT2D eigenvalue weighted by Gasteiger charge is -2.10. The summed E-state index contributed by atoms with van der Waals surface area (Å²) in [5, 5.41) is 16.4. The Bertz CT molecular complexity index is 833. The maximum Gasteiger partial charge on any atom is 0.323 e. The van der Waals surface area contributed by atoms with Gasteiger partial charge in [-0.1, -0.05) is 12.1 Å². The number of nitrogens with zero attached hydrogens (tertiary/aromatic N) is 1. The number of hydrogen-bond acceptors (Lipinski definition) is 5. The monoisotopic (exact) mass is 419 g/mol. The molecule has 0 saturated carbocycles. The first kappa shape index (κ1) is 17.7. The standard InChI is InChI=1S/C13H14BrN3O4S2/c1-17(2)23(20,21)12-11(18)10(7-22-12)16-13(19)15-9-6-4-3-5-8(9)14/h3-7,18H,1-2H3,(H2,15,16,19). The second kappa shape index (κ2) is 6.87. The number of thiophene rings is 1. The molecule has 0 bridgehead atoms. The molecule has 0 aliphatic heterocycles. The zero-order valence-electron chi connectivity index (χ0n) is 12.2. The molecule has 2 amide bonds. The lowest BCUT2D eigenvalue weighted by molar-refractivity contribution is 0.262. The highest BCUT2D eigenvalue weighted by molar-refractivity contribution is 9.10. The van der Waals surface area contributed by atoms with Gasteiger partial charge in [-0.05, 0) is 28.1 Å². The third kappa shape index (κ3) is 3.83. The van der Waals surface area contributed by atoms with Crippen LogP contribution in [-0.2, 0) is 10.0 Å². The molecule has 1 aromatic carbocycles. The minimum atomic E-state index is -3.77. The van der Waals surface area contributed by atoms with Crippen molar-refractivity contribution in [3.05, 3.63) is 34.1 Å². The predicted molar refractivity (Wildman–Crippen MR) is 93.6 cm³/mol. The van der Waals surface area contributed by atoms with Crippen LogP contribution in [0.3, 0.4) is 0 Å². The highest BCUT2D eigenvalue weighted by Crippen LogP contribution is 2.38. The molecule has 2 aromatic rings. The van der Waals surface area contributed by atoms with Gasteiger partial charge < -0.3 is 15.7 Å². The molecule has 0 unspecified atom stereocenters. The van der Waals surface area contributed by atoms with Gasteiger partial charge in [-0.3, -0.25) is 0 Å². The quantitative estimate of drug-likeness (QED) is 0.708. The molecular formula is C13H14BrN3O4S2. The summed E-state index contributed by atoms with van der Waals surface area (Å²) >= 11 is 4.13. The molecule has 23 heavy (non-hydrogen) atoms. The fraction of sp³-hybridized carbons (Fsp3) is 0.154. The Morgan fingerprint density at radius 2 is 1.83 bits per heavy atom. The van der Waals surface area contributed by atoms with Crippen molar-refractivity contribution < 1.29 is 18.3 Å². The normalized spacial score (nSPS) is 11.5. The van der Waals surface area contributed by atoms with Crippen LogP contribution in [0.2, 0.25) is 0 Å². The van der Waals surface area contributed by atoms with Gasteiger partial charge in [0.25, 0.3) is 10.0 Å². The molecule has 7 nitrogen and oxygen atoms in total. The van der Waals surface area contributed by atoms with Crippen LogP contribution in [-0.4, -0.2) is 38.0 Å². The van der Waals surface area contributed by atoms with E-state index in [2.05, 4.69) is 26.6 Å². The number of para-hydroxylation sites is 1. The van der Waals surface area contributed by atoms with Crippen LogP contribution in [0.15, 0.2) is 38.3 Å². The summed E-state index contributed by atoms with van der Waals surface area (Å²) in [4.78, 5) is 12.0. The van der Waals surface area contributed by atoms with Crippen molar-refractivity contribution >= 4 is 54.7 Å². The fourth-order valence-corrected chi connectivity index (χ4v) is 4.37. The Morgan fingerprint density at radius 3 is 2.43 bits per heavy atom. The molecule has 1 aromatic heterocycles. The van der Waals surface area contributed by atoms with Crippen molar-refractivity contribution in [2.45, 2.75) is 4.21 Å². The molecule has 1 heterocycles. The minimum absolute atomic E-state index is 0.0278. The lowest BCUT2D eigenvalue weighted by atomic mass is 10.3. The minimum Gasteiger partial charge on any atom is -0.504 e. The zero-order valence-corrected chi connectivity index (χ0v) is 15.4. The second-order valence-corrected chi connectivity index (χ2v) is 8.71. The van der Waals surface area contributed by atoms with E-state index in [9.17, 15) is 18.3 Å². The average molecular weight is 420 g/mol. The number of halogens is 1. The van der Waals surface area contributed by atoms with Crippen molar-refractivity contribution in [1.82, 2.24) is 4.31 Å². The van der Waals surface area contributed by atoms with Crippen LogP contribution in [0, 0.1) is 0 Å². The number of sulfonamides is 1. The number of aromatic hydroxyl groups is 1. The van der Waals surface area contributed by atoms with E-state index in [0.717, 1.165) is 15.6 Å². The van der Waals surface area contributed by atoms with Crippen LogP contribution in [0.5, 0.6) is 5.75 Å². The number of carbonyl (C=O) groups is 1. The number of hydrogen-bond donors (Lipinski definition) is 3. The Labute approximate surface area is 146 Å². The van der Waals surface area contributed by atoms with Crippen molar-refractivity contribution in [3.63, 3.8) is 0 Å². The summed E-state index contributed by atoms with van der Waals surface area (Å²) in [6, 6.07) is 6.41. The van der Waals surface area contributed by atoms with E-state index in [-0.39, 0.29) is 9.90 Å². The van der Waals surface area contributed by atoms with Crippen LogP contribution >= 0.6 is 27.3 Å². The molecule has 0 fully saturated rings. The first-order chi connectivity index (χ1) is 10.7. The maximum absolute atomic E-state index is 12.0. The summed E-state index contributed by atoms with van der Waals surface area (Å²) in [6.45, 7) is 0. The molecular weight excluding hydrogens is 406 g/mol. The van der Waals surface area contributed by atoms with E-state index >= 15 is 0 Å². The molecule has 3 N–H and O–H groups in total. The Balaban J connectivity index is 2.17. The van der Waals surface area contributed by atoms with E-state index in [1.54, 1.807) is 24.3 Å². The Hall–Kier alpha value is -1.62. The van der Waals surface area contributed by atoms with Gasteiger partial charge in [0, 0.05) is 23.9 Å². The third-order valence-electron chi connectivity index (χ3n) is 2.82. The van der Waals surface area contributed by atoms with Gasteiger partial charge in [0.2, 0.25) is 0 Å². The van der Waals surface area contributed by atoms with Gasteiger partial charge in [-0.15, -0.1) is 11.3 Å². The Kier molecular flexibility index (Phi) is 5.30. The number of rotatable bonds is 4. The van der Waals surface area contributed by atoms with E-state index in [1.807, 2.05) is 0 Å². The molecule has 0 radical (unpaired) electrons. The number of nitrogens with one attached hydrogen (secondary N) is 2. The molecule has 0 atom stereocenters. The summed E-state index contributed by atoms with van der Waals surface area (Å²) in [6.07, 6.45) is 0. The molecule has 124 valence electrons. The predicted octanol–water partition coefficient (Wildman–Crippen LogP) is 3.11. The SMILES string of the molecule is CN(C)S(=O)(=O)c1scc(NC(=O)Nc2ccccc2Br)c1O. The first-order valence-electron chi connectivity index (χ1n) is 6.29. The maximum atomic E-state index is 12.0. The van der Waals surface area contributed by atoms with E-state index in [0.29, 0.717) is 10.2 Å². The van der Waals surface area contributed by atoms with Gasteiger partial charge in [0.1, 0.15) is 0 Å². The summed E-state index contributed by atoms with van der Waals surface area (Å²) in [5.74, 6) is -0.481. The number of carbonyl (C=O) groups excluding carboxylic acids is 1. The number of urea groups is 1. The van der Waals surface area contributed by atoms with Gasteiger partial charge in [0.15, 0.2) is 9.96 Å². The zero-order chi connectivity index (χ0) is 17.2. The molecule has 2 rings (SSSR count). The van der Waals surface area contributed by atoms with Crippen LogP contribution in [0.25, 0.3) is 0 Å². The second-order valence-electron chi connectivity index (χ2n) is 4.63. The van der Waals surface area contributed by atoms with Gasteiger partial charge >= 0.3 is 6.03 Å². The molecule has 0 aliphatic rings. The molecule has 0 aliphatic carbocycles. The molecule has 10 heteroatoms. The van der Waals surface area contributed by atoms with Crippen LogP contribution < -0.4 is 10.6 Å². The van der Waals surface area contributed by atoms with Gasteiger partial charge in [-0.25, -0.2) is 17.5 Å². The highest BCUT2D eigenvalue weighted by atomic mass is 79.9. The van der Waals surface area contributed by atoms with Crippen molar-refractivity contribution in [2.75, 3.05) is 24.7 Å². The number of benzene rings is 1. The van der Waals surface area contributed by atoms with Crippen molar-refractivity contribution in [3.8, 4) is 5.75 Å². The fourth-order valence-electron chi connectivity index (χ4n) is 1.61. The smallest absolute Gasteiger partial charge is 0.323 e. The van der Waals surface area contributed by atoms with Crippen LogP contribution in [0.4, 0.5) is 16.2 Å². The molecule has 0 saturated heterocycles. The number of amides is 2. The highest BCUT2D eigenvalue weighted by Gasteiger charge is 2.26. The number of anilines is 2. The molecule has 0 spiro atoms. The van der Waals surface area contributed by atoms with Crippen LogP contribution in [0.1, 0.15) is 0 Å². The summed E-state index contributed by atoms with van der Waals surface area (Å²) in [7, 11) is -1.04. The largest absolute Gasteiger partial charge is 0.504 e. The summed E-state index contributed by atoms with van der Waals surface area (Å²) < 4.78 is 25.5. The lowest BCUT2D eigenvalue weighted by Crippen LogP contribution is -2.21. The first-order valence-corrected chi connectivity index (χ1v) is 9.40. The van der Waals surface area contributed by atoms with E-state index in [4.69, 9.17) is 0 Å². The van der Waals surface area contributed by atoms with Gasteiger partial charge in [0.05, 0.1) is 11.4 Å². The topological polar surface area (TPSA) is 98.7 Å². The third-order valence-corrected chi connectivity index (χ3v) is 6.81. The Morgan fingerprint density at radius 1 is 1.22 bits per heavy atom. The average Bonchev–Trinajstić information content (AvgIpc) is 2.83.